The molecule has 2 rings (SSSR count). The molecule has 0 aromatic carbocycles. The maximum atomic E-state index is 11.7. The van der Waals surface area contributed by atoms with Gasteiger partial charge in [-0.3, -0.25) is 4.57 Å². The number of thiophene rings is 1. The Kier molecular flexibility index (Phi) is 4.87. The van der Waals surface area contributed by atoms with Gasteiger partial charge in [-0.15, -0.1) is 11.3 Å². The highest BCUT2D eigenvalue weighted by Crippen LogP contribution is 2.07. The van der Waals surface area contributed by atoms with Crippen LogP contribution in [-0.2, 0) is 13.0 Å². The first-order valence-corrected chi connectivity index (χ1v) is 7.33. The molecule has 19 heavy (non-hydrogen) atoms. The lowest BCUT2D eigenvalue weighted by Gasteiger charge is -2.10. The van der Waals surface area contributed by atoms with Crippen LogP contribution in [0.5, 0.6) is 0 Å². The van der Waals surface area contributed by atoms with E-state index in [-0.39, 0.29) is 5.69 Å². The molecule has 2 heterocycles. The summed E-state index contributed by atoms with van der Waals surface area (Å²) in [5.74, 6) is 0. The fourth-order valence-corrected chi connectivity index (χ4v) is 2.74. The smallest absolute Gasteiger partial charge is 0.315 e. The summed E-state index contributed by atoms with van der Waals surface area (Å²) in [4.78, 5) is 17.1. The van der Waals surface area contributed by atoms with Gasteiger partial charge in [-0.1, -0.05) is 6.07 Å². The summed E-state index contributed by atoms with van der Waals surface area (Å²) < 4.78 is 1.71. The molecule has 0 atom stereocenters. The standard InChI is InChI=1S/C14H19N3OS/c1-11-10-12(2)17(14(18)16-11)8-7-15-6-5-13-4-3-9-19-13/h3-4,9-10,15H,5-8H2,1-2H3. The van der Waals surface area contributed by atoms with Gasteiger partial charge in [-0.05, 0) is 37.8 Å². The number of hydrogen-bond donors (Lipinski definition) is 1. The summed E-state index contributed by atoms with van der Waals surface area (Å²) in [5.41, 5.74) is 1.60. The topological polar surface area (TPSA) is 46.9 Å². The Morgan fingerprint density at radius 3 is 2.89 bits per heavy atom. The number of nitrogens with one attached hydrogen (secondary N) is 1. The Labute approximate surface area is 117 Å². The Morgan fingerprint density at radius 2 is 2.21 bits per heavy atom. The molecular weight excluding hydrogens is 258 g/mol. The summed E-state index contributed by atoms with van der Waals surface area (Å²) in [6, 6.07) is 6.15. The molecule has 0 fully saturated rings. The van der Waals surface area contributed by atoms with E-state index in [1.807, 2.05) is 19.9 Å². The first-order chi connectivity index (χ1) is 9.16. The minimum Gasteiger partial charge on any atom is -0.315 e. The van der Waals surface area contributed by atoms with Crippen LogP contribution in [0.25, 0.3) is 0 Å². The van der Waals surface area contributed by atoms with Crippen molar-refractivity contribution in [2.24, 2.45) is 0 Å². The van der Waals surface area contributed by atoms with Gasteiger partial charge < -0.3 is 5.32 Å². The van der Waals surface area contributed by atoms with Crippen molar-refractivity contribution >= 4 is 11.3 Å². The third kappa shape index (κ3) is 4.01. The Morgan fingerprint density at radius 1 is 1.37 bits per heavy atom. The number of rotatable bonds is 6. The van der Waals surface area contributed by atoms with Crippen molar-refractivity contribution in [1.29, 1.82) is 0 Å². The van der Waals surface area contributed by atoms with Gasteiger partial charge in [0.15, 0.2) is 0 Å². The molecule has 102 valence electrons. The summed E-state index contributed by atoms with van der Waals surface area (Å²) >= 11 is 1.78. The third-order valence-electron chi connectivity index (χ3n) is 2.99. The SMILES string of the molecule is Cc1cc(C)n(CCNCCc2cccs2)c(=O)n1. The van der Waals surface area contributed by atoms with Gasteiger partial charge in [0, 0.05) is 35.9 Å². The summed E-state index contributed by atoms with van der Waals surface area (Å²) in [6.45, 7) is 6.19. The number of nitrogens with zero attached hydrogens (tertiary/aromatic N) is 2. The molecule has 2 aromatic rings. The molecule has 5 heteroatoms. The van der Waals surface area contributed by atoms with Crippen LogP contribution < -0.4 is 11.0 Å². The van der Waals surface area contributed by atoms with Crippen LogP contribution in [0.4, 0.5) is 0 Å². The van der Waals surface area contributed by atoms with Gasteiger partial charge in [0.1, 0.15) is 0 Å². The van der Waals surface area contributed by atoms with E-state index in [0.29, 0.717) is 6.54 Å². The predicted octanol–water partition coefficient (Wildman–Crippen LogP) is 1.75. The van der Waals surface area contributed by atoms with E-state index in [1.165, 1.54) is 4.88 Å². The van der Waals surface area contributed by atoms with Crippen LogP contribution in [-0.4, -0.2) is 22.6 Å². The molecule has 0 bridgehead atoms. The summed E-state index contributed by atoms with van der Waals surface area (Å²) in [6.07, 6.45) is 1.04. The van der Waals surface area contributed by atoms with Crippen molar-refractivity contribution in [1.82, 2.24) is 14.9 Å². The molecule has 0 radical (unpaired) electrons. The highest BCUT2D eigenvalue weighted by molar-refractivity contribution is 7.09. The molecular formula is C14H19N3OS. The molecule has 1 N–H and O–H groups in total. The molecule has 0 saturated heterocycles. The maximum absolute atomic E-state index is 11.7. The minimum atomic E-state index is -0.155. The van der Waals surface area contributed by atoms with Gasteiger partial charge >= 0.3 is 5.69 Å². The highest BCUT2D eigenvalue weighted by Gasteiger charge is 2.02. The first kappa shape index (κ1) is 14.0. The molecule has 0 aliphatic heterocycles. The zero-order valence-electron chi connectivity index (χ0n) is 11.3. The number of hydrogen-bond acceptors (Lipinski definition) is 4. The van der Waals surface area contributed by atoms with Gasteiger partial charge in [0.05, 0.1) is 0 Å². The van der Waals surface area contributed by atoms with Gasteiger partial charge in [0.2, 0.25) is 0 Å². The average Bonchev–Trinajstić information content (AvgIpc) is 2.84. The van der Waals surface area contributed by atoms with Crippen molar-refractivity contribution in [3.63, 3.8) is 0 Å². The lowest BCUT2D eigenvalue weighted by Crippen LogP contribution is -2.31. The molecule has 0 amide bonds. The number of aryl methyl sites for hydroxylation is 2. The summed E-state index contributed by atoms with van der Waals surface area (Å²) in [5, 5.41) is 5.45. The molecule has 2 aromatic heterocycles. The zero-order chi connectivity index (χ0) is 13.7. The van der Waals surface area contributed by atoms with Gasteiger partial charge in [0.25, 0.3) is 0 Å². The van der Waals surface area contributed by atoms with E-state index in [4.69, 9.17) is 0 Å². The second-order valence-electron chi connectivity index (χ2n) is 4.55. The van der Waals surface area contributed by atoms with Crippen molar-refractivity contribution in [2.45, 2.75) is 26.8 Å². The Hall–Kier alpha value is -1.46. The fraction of sp³-hybridized carbons (Fsp3) is 0.429. The Balaban J connectivity index is 1.78. The average molecular weight is 277 g/mol. The first-order valence-electron chi connectivity index (χ1n) is 6.45. The number of aromatic nitrogens is 2. The van der Waals surface area contributed by atoms with Crippen molar-refractivity contribution < 1.29 is 0 Å². The molecule has 4 nitrogen and oxygen atoms in total. The quantitative estimate of drug-likeness (QED) is 0.818. The monoisotopic (exact) mass is 277 g/mol. The summed E-state index contributed by atoms with van der Waals surface area (Å²) in [7, 11) is 0. The van der Waals surface area contributed by atoms with Crippen LogP contribution >= 0.6 is 11.3 Å². The van der Waals surface area contributed by atoms with E-state index in [2.05, 4.69) is 27.8 Å². The van der Waals surface area contributed by atoms with E-state index in [1.54, 1.807) is 15.9 Å². The van der Waals surface area contributed by atoms with Crippen molar-refractivity contribution in [3.05, 3.63) is 50.3 Å². The van der Waals surface area contributed by atoms with Crippen LogP contribution in [0, 0.1) is 13.8 Å². The van der Waals surface area contributed by atoms with Crippen molar-refractivity contribution in [2.75, 3.05) is 13.1 Å². The van der Waals surface area contributed by atoms with Gasteiger partial charge in [-0.25, -0.2) is 4.79 Å². The lowest BCUT2D eigenvalue weighted by atomic mass is 10.3. The maximum Gasteiger partial charge on any atom is 0.347 e. The minimum absolute atomic E-state index is 0.155. The van der Waals surface area contributed by atoms with E-state index >= 15 is 0 Å². The Bertz CT molecular complexity index is 575. The van der Waals surface area contributed by atoms with Crippen LogP contribution in [0.2, 0.25) is 0 Å². The van der Waals surface area contributed by atoms with Gasteiger partial charge in [-0.2, -0.15) is 4.98 Å². The normalized spacial score (nSPS) is 10.8. The molecule has 0 aliphatic carbocycles. The van der Waals surface area contributed by atoms with E-state index in [9.17, 15) is 4.79 Å². The molecule has 0 unspecified atom stereocenters. The third-order valence-corrected chi connectivity index (χ3v) is 3.92. The molecule has 0 spiro atoms. The van der Waals surface area contributed by atoms with Crippen LogP contribution in [0.1, 0.15) is 16.3 Å². The van der Waals surface area contributed by atoms with E-state index < -0.39 is 0 Å². The largest absolute Gasteiger partial charge is 0.347 e. The zero-order valence-corrected chi connectivity index (χ0v) is 12.2. The highest BCUT2D eigenvalue weighted by atomic mass is 32.1. The van der Waals surface area contributed by atoms with Crippen LogP contribution in [0.15, 0.2) is 28.4 Å². The van der Waals surface area contributed by atoms with Crippen molar-refractivity contribution in [3.8, 4) is 0 Å². The predicted molar refractivity (Wildman–Crippen MR) is 78.9 cm³/mol. The fourth-order valence-electron chi connectivity index (χ4n) is 2.03. The second kappa shape index (κ2) is 6.63. The lowest BCUT2D eigenvalue weighted by molar-refractivity contribution is 0.566. The van der Waals surface area contributed by atoms with E-state index in [0.717, 1.165) is 30.9 Å². The second-order valence-corrected chi connectivity index (χ2v) is 5.58. The molecule has 0 aliphatic rings. The molecule has 0 saturated carbocycles. The van der Waals surface area contributed by atoms with Crippen LogP contribution in [0.3, 0.4) is 0 Å².